The van der Waals surface area contributed by atoms with E-state index in [0.29, 0.717) is 0 Å². The highest BCUT2D eigenvalue weighted by atomic mass is 16.6. The Labute approximate surface area is 108 Å². The van der Waals surface area contributed by atoms with Crippen LogP contribution in [-0.2, 0) is 14.3 Å². The number of ether oxygens (including phenoxy) is 2. The molecule has 0 fully saturated rings. The number of hydrogen-bond acceptors (Lipinski definition) is 3. The van der Waals surface area contributed by atoms with Crippen molar-refractivity contribution in [3.05, 3.63) is 0 Å². The van der Waals surface area contributed by atoms with Crippen LogP contribution in [0.1, 0.15) is 63.3 Å². The summed E-state index contributed by atoms with van der Waals surface area (Å²) in [5.41, 5.74) is -1.23. The van der Waals surface area contributed by atoms with Gasteiger partial charge >= 0.3 is 5.97 Å². The van der Waals surface area contributed by atoms with Crippen LogP contribution in [0, 0.1) is 5.41 Å². The van der Waals surface area contributed by atoms with Crippen LogP contribution in [0.4, 0.5) is 0 Å². The third-order valence-electron chi connectivity index (χ3n) is 3.92. The van der Waals surface area contributed by atoms with Crippen molar-refractivity contribution in [2.45, 2.75) is 74.5 Å². The second-order valence-corrected chi connectivity index (χ2v) is 5.44. The van der Waals surface area contributed by atoms with Crippen LogP contribution in [0.25, 0.3) is 0 Å². The lowest BCUT2D eigenvalue weighted by atomic mass is 9.66. The van der Waals surface area contributed by atoms with Gasteiger partial charge in [0.1, 0.15) is 5.60 Å². The largest absolute Gasteiger partial charge is 0.459 e. The Kier molecular flexibility index (Phi) is 8.15. The smallest absolute Gasteiger partial charge is 0.303 e. The van der Waals surface area contributed by atoms with Crippen LogP contribution < -0.4 is 0 Å². The fourth-order valence-corrected chi connectivity index (χ4v) is 1.47. The molecule has 0 amide bonds. The Hall–Kier alpha value is -0.570. The van der Waals surface area contributed by atoms with Gasteiger partial charge in [-0.3, -0.25) is 4.79 Å². The topological polar surface area (TPSA) is 35.5 Å². The Morgan fingerprint density at radius 3 is 1.47 bits per heavy atom. The number of methoxy groups -OCH3 is 1. The summed E-state index contributed by atoms with van der Waals surface area (Å²) >= 11 is 0. The second-order valence-electron chi connectivity index (χ2n) is 5.44. The van der Waals surface area contributed by atoms with Crippen LogP contribution in [-0.4, -0.2) is 24.3 Å². The first-order chi connectivity index (χ1) is 6.48. The minimum atomic E-state index is -0.571. The number of esters is 1. The summed E-state index contributed by atoms with van der Waals surface area (Å²) in [5.74, 6) is -0.264. The molecular weight excluding hydrogens is 216 g/mol. The number of carbonyl (C=O) groups is 1. The number of rotatable bonds is 4. The predicted octanol–water partition coefficient (Wildman–Crippen LogP) is 4.05. The molecule has 17 heavy (non-hydrogen) atoms. The van der Waals surface area contributed by atoms with Crippen LogP contribution in [0.15, 0.2) is 0 Å². The van der Waals surface area contributed by atoms with Gasteiger partial charge in [-0.15, -0.1) is 0 Å². The van der Waals surface area contributed by atoms with E-state index in [-0.39, 0.29) is 31.8 Å². The van der Waals surface area contributed by atoms with Crippen LogP contribution in [0.5, 0.6) is 0 Å². The monoisotopic (exact) mass is 248 g/mol. The summed E-state index contributed by atoms with van der Waals surface area (Å²) in [4.78, 5) is 11.1. The lowest BCUT2D eigenvalue weighted by Gasteiger charge is -2.49. The Morgan fingerprint density at radius 1 is 0.882 bits per heavy atom. The van der Waals surface area contributed by atoms with E-state index in [2.05, 4.69) is 0 Å². The lowest BCUT2D eigenvalue weighted by Crippen LogP contribution is -2.55. The van der Waals surface area contributed by atoms with Gasteiger partial charge in [0, 0.05) is 19.4 Å². The van der Waals surface area contributed by atoms with E-state index >= 15 is 0 Å². The number of hydrogen-bond donors (Lipinski definition) is 0. The van der Waals surface area contributed by atoms with Crippen LogP contribution >= 0.6 is 0 Å². The second kappa shape index (κ2) is 6.39. The van der Waals surface area contributed by atoms with Crippen molar-refractivity contribution in [2.24, 2.45) is 5.41 Å². The van der Waals surface area contributed by atoms with E-state index in [1.807, 2.05) is 41.5 Å². The molecule has 0 aromatic heterocycles. The highest BCUT2D eigenvalue weighted by molar-refractivity contribution is 5.66. The van der Waals surface area contributed by atoms with Gasteiger partial charge in [0.25, 0.3) is 0 Å². The van der Waals surface area contributed by atoms with Crippen molar-refractivity contribution in [3.63, 3.8) is 0 Å². The molecule has 3 heteroatoms. The molecule has 0 heterocycles. The minimum absolute atomic E-state index is 0. The molecular formula is C14H32O3. The molecule has 0 atom stereocenters. The maximum Gasteiger partial charge on any atom is 0.303 e. The molecule has 3 nitrogen and oxygen atoms in total. The first-order valence-electron chi connectivity index (χ1n) is 5.22. The highest BCUT2D eigenvalue weighted by Crippen LogP contribution is 2.44. The molecule has 0 aliphatic heterocycles. The summed E-state index contributed by atoms with van der Waals surface area (Å²) in [6.07, 6.45) is 0. The molecule has 0 saturated heterocycles. The fraction of sp³-hybridized carbons (Fsp3) is 0.929. The van der Waals surface area contributed by atoms with E-state index in [0.717, 1.165) is 0 Å². The number of carbonyl (C=O) groups excluding carboxylic acids is 1. The molecule has 0 aromatic carbocycles. The molecule has 0 spiro atoms. The lowest BCUT2D eigenvalue weighted by molar-refractivity contribution is -0.195. The normalized spacial score (nSPS) is 12.2. The quantitative estimate of drug-likeness (QED) is 0.704. The van der Waals surface area contributed by atoms with Crippen molar-refractivity contribution in [3.8, 4) is 0 Å². The molecule has 106 valence electrons. The van der Waals surface area contributed by atoms with Crippen LogP contribution in [0.3, 0.4) is 0 Å². The van der Waals surface area contributed by atoms with Gasteiger partial charge in [0.15, 0.2) is 0 Å². The summed E-state index contributed by atoms with van der Waals surface area (Å²) in [7, 11) is 1.67. The molecule has 0 saturated carbocycles. The first kappa shape index (κ1) is 21.7. The summed E-state index contributed by atoms with van der Waals surface area (Å²) in [5, 5.41) is 0. The van der Waals surface area contributed by atoms with Gasteiger partial charge in [-0.05, 0) is 27.7 Å². The molecule has 0 bridgehead atoms. The van der Waals surface area contributed by atoms with Gasteiger partial charge in [-0.1, -0.05) is 28.7 Å². The van der Waals surface area contributed by atoms with E-state index in [1.54, 1.807) is 7.11 Å². The molecule has 0 aliphatic rings. The van der Waals surface area contributed by atoms with E-state index in [1.165, 1.54) is 6.92 Å². The standard InChI is InChI=1S/C12H24O3.2CH4/c1-9(13)15-12(6,7)10(2,3)11(4,5)14-8;;/h1-8H3;2*1H4. The zero-order valence-electron chi connectivity index (χ0n) is 11.2. The summed E-state index contributed by atoms with van der Waals surface area (Å²) in [6, 6.07) is 0. The van der Waals surface area contributed by atoms with Crippen molar-refractivity contribution in [1.82, 2.24) is 0 Å². The average Bonchev–Trinajstić information content (AvgIpc) is 2.01. The Bertz CT molecular complexity index is 240. The average molecular weight is 248 g/mol. The van der Waals surface area contributed by atoms with E-state index in [4.69, 9.17) is 9.47 Å². The Morgan fingerprint density at radius 2 is 1.24 bits per heavy atom. The predicted molar refractivity (Wildman–Crippen MR) is 74.2 cm³/mol. The molecule has 0 unspecified atom stereocenters. The third-order valence-corrected chi connectivity index (χ3v) is 3.92. The molecule has 0 N–H and O–H groups in total. The molecule has 0 aliphatic carbocycles. The minimum Gasteiger partial charge on any atom is -0.459 e. The van der Waals surface area contributed by atoms with E-state index in [9.17, 15) is 4.79 Å². The van der Waals surface area contributed by atoms with Crippen molar-refractivity contribution in [2.75, 3.05) is 7.11 Å². The molecule has 0 radical (unpaired) electrons. The van der Waals surface area contributed by atoms with Gasteiger partial charge < -0.3 is 9.47 Å². The van der Waals surface area contributed by atoms with Crippen LogP contribution in [0.2, 0.25) is 0 Å². The zero-order chi connectivity index (χ0) is 12.5. The van der Waals surface area contributed by atoms with Crippen molar-refractivity contribution >= 4 is 5.97 Å². The Balaban J connectivity index is -0.000000980. The third kappa shape index (κ3) is 4.30. The molecule has 0 aromatic rings. The zero-order valence-corrected chi connectivity index (χ0v) is 11.2. The van der Waals surface area contributed by atoms with E-state index < -0.39 is 5.60 Å². The summed E-state index contributed by atoms with van der Waals surface area (Å²) in [6.45, 7) is 13.3. The van der Waals surface area contributed by atoms with Crippen molar-refractivity contribution in [1.29, 1.82) is 0 Å². The first-order valence-corrected chi connectivity index (χ1v) is 5.22. The maximum absolute atomic E-state index is 11.1. The maximum atomic E-state index is 11.1. The van der Waals surface area contributed by atoms with Gasteiger partial charge in [-0.25, -0.2) is 0 Å². The SMILES string of the molecule is C.C.COC(C)(C)C(C)(C)C(C)(C)OC(C)=O. The fourth-order valence-electron chi connectivity index (χ4n) is 1.47. The van der Waals surface area contributed by atoms with Gasteiger partial charge in [0.05, 0.1) is 5.60 Å². The van der Waals surface area contributed by atoms with Gasteiger partial charge in [-0.2, -0.15) is 0 Å². The van der Waals surface area contributed by atoms with Crippen molar-refractivity contribution < 1.29 is 14.3 Å². The highest BCUT2D eigenvalue weighted by Gasteiger charge is 2.50. The van der Waals surface area contributed by atoms with Gasteiger partial charge in [0.2, 0.25) is 0 Å². The molecule has 0 rings (SSSR count). The summed E-state index contributed by atoms with van der Waals surface area (Å²) < 4.78 is 10.9.